The number of hydrogen-bond acceptors (Lipinski definition) is 6. The van der Waals surface area contributed by atoms with E-state index >= 15 is 0 Å². The number of aryl methyl sites for hydroxylation is 1. The van der Waals surface area contributed by atoms with Gasteiger partial charge in [0.2, 0.25) is 0 Å². The number of rotatable bonds is 5. The Balaban J connectivity index is 1.72. The lowest BCUT2D eigenvalue weighted by Gasteiger charge is -2.10. The molecule has 3 rings (SSSR count). The van der Waals surface area contributed by atoms with Crippen LogP contribution in [-0.4, -0.2) is 28.2 Å². The van der Waals surface area contributed by atoms with Crippen molar-refractivity contribution in [1.82, 2.24) is 15.0 Å². The second kappa shape index (κ2) is 8.06. The minimum Gasteiger partial charge on any atom is -0.467 e. The highest BCUT2D eigenvalue weighted by atomic mass is 16.5. The van der Waals surface area contributed by atoms with Crippen LogP contribution in [-0.2, 0) is 11.3 Å². The van der Waals surface area contributed by atoms with Gasteiger partial charge in [-0.15, -0.1) is 0 Å². The highest BCUT2D eigenvalue weighted by Gasteiger charge is 2.10. The van der Waals surface area contributed by atoms with E-state index in [9.17, 15) is 4.79 Å². The maximum Gasteiger partial charge on any atom is 0.412 e. The van der Waals surface area contributed by atoms with E-state index in [2.05, 4.69) is 20.3 Å². The molecule has 0 saturated heterocycles. The molecule has 0 radical (unpaired) electrons. The number of anilines is 1. The van der Waals surface area contributed by atoms with Crippen LogP contribution in [0.3, 0.4) is 0 Å². The van der Waals surface area contributed by atoms with E-state index in [1.54, 1.807) is 31.5 Å². The van der Waals surface area contributed by atoms with Crippen LogP contribution in [0.15, 0.2) is 54.9 Å². The lowest BCUT2D eigenvalue weighted by Crippen LogP contribution is -2.14. The molecule has 0 bridgehead atoms. The van der Waals surface area contributed by atoms with Gasteiger partial charge in [0, 0.05) is 18.0 Å². The zero-order valence-corrected chi connectivity index (χ0v) is 14.5. The fraction of sp³-hybridized carbons (Fsp3) is 0.158. The van der Waals surface area contributed by atoms with E-state index in [-0.39, 0.29) is 12.6 Å². The summed E-state index contributed by atoms with van der Waals surface area (Å²) in [6.45, 7) is 2.00. The number of ether oxygens (including phenoxy) is 2. The number of aromatic nitrogens is 3. The molecule has 1 N–H and O–H groups in total. The molecule has 0 spiro atoms. The number of pyridine rings is 1. The SMILES string of the molecule is COc1nccc(-c2cnc(C)c(NC(=O)OCc3ccccc3)c2)n1. The molecule has 0 aliphatic carbocycles. The van der Waals surface area contributed by atoms with Gasteiger partial charge in [-0.1, -0.05) is 30.3 Å². The van der Waals surface area contributed by atoms with Gasteiger partial charge in [0.25, 0.3) is 0 Å². The van der Waals surface area contributed by atoms with Crippen molar-refractivity contribution in [3.8, 4) is 17.3 Å². The van der Waals surface area contributed by atoms with Gasteiger partial charge in [-0.25, -0.2) is 9.78 Å². The average Bonchev–Trinajstić information content (AvgIpc) is 2.69. The number of nitrogens with zero attached hydrogens (tertiary/aromatic N) is 3. The Morgan fingerprint density at radius 1 is 1.15 bits per heavy atom. The molecule has 3 aromatic rings. The molecule has 0 aliphatic rings. The quantitative estimate of drug-likeness (QED) is 0.756. The molecule has 7 heteroatoms. The third-order valence-electron chi connectivity index (χ3n) is 3.65. The summed E-state index contributed by atoms with van der Waals surface area (Å²) in [7, 11) is 1.50. The van der Waals surface area contributed by atoms with Crippen LogP contribution in [0.5, 0.6) is 6.01 Å². The van der Waals surface area contributed by atoms with E-state index in [0.717, 1.165) is 11.1 Å². The molecule has 1 amide bonds. The molecule has 132 valence electrons. The standard InChI is InChI=1S/C19H18N4O3/c1-13-17(23-19(24)26-12-14-6-4-3-5-7-14)10-15(11-21-13)16-8-9-20-18(22-16)25-2/h3-11H,12H2,1-2H3,(H,23,24). The first-order valence-corrected chi connectivity index (χ1v) is 7.97. The van der Waals surface area contributed by atoms with Crippen molar-refractivity contribution in [2.45, 2.75) is 13.5 Å². The number of benzene rings is 1. The minimum absolute atomic E-state index is 0.196. The van der Waals surface area contributed by atoms with Crippen LogP contribution >= 0.6 is 0 Å². The molecule has 26 heavy (non-hydrogen) atoms. The number of amides is 1. The van der Waals surface area contributed by atoms with Crippen molar-refractivity contribution >= 4 is 11.8 Å². The number of carbonyl (C=O) groups excluding carboxylic acids is 1. The first-order chi connectivity index (χ1) is 12.7. The summed E-state index contributed by atoms with van der Waals surface area (Å²) in [5, 5.41) is 2.72. The van der Waals surface area contributed by atoms with Gasteiger partial charge in [0.15, 0.2) is 0 Å². The summed E-state index contributed by atoms with van der Waals surface area (Å²) in [5.41, 5.74) is 3.52. The lowest BCUT2D eigenvalue weighted by molar-refractivity contribution is 0.155. The summed E-state index contributed by atoms with van der Waals surface area (Å²) >= 11 is 0. The molecule has 2 heterocycles. The van der Waals surface area contributed by atoms with Crippen LogP contribution < -0.4 is 10.1 Å². The Bertz CT molecular complexity index is 900. The van der Waals surface area contributed by atoms with E-state index in [1.807, 2.05) is 30.3 Å². The first-order valence-electron chi connectivity index (χ1n) is 7.97. The molecule has 0 saturated carbocycles. The molecule has 1 aromatic carbocycles. The Kier molecular flexibility index (Phi) is 5.38. The van der Waals surface area contributed by atoms with E-state index in [1.165, 1.54) is 7.11 Å². The third kappa shape index (κ3) is 4.32. The summed E-state index contributed by atoms with van der Waals surface area (Å²) in [6.07, 6.45) is 2.73. The van der Waals surface area contributed by atoms with Crippen molar-refractivity contribution in [2.24, 2.45) is 0 Å². The molecular formula is C19H18N4O3. The Morgan fingerprint density at radius 3 is 2.73 bits per heavy atom. The fourth-order valence-electron chi connectivity index (χ4n) is 2.27. The maximum absolute atomic E-state index is 12.1. The van der Waals surface area contributed by atoms with Gasteiger partial charge in [0.1, 0.15) is 6.61 Å². The van der Waals surface area contributed by atoms with Crippen molar-refractivity contribution in [2.75, 3.05) is 12.4 Å². The van der Waals surface area contributed by atoms with Crippen LogP contribution in [0.1, 0.15) is 11.3 Å². The zero-order valence-electron chi connectivity index (χ0n) is 14.5. The van der Waals surface area contributed by atoms with Gasteiger partial charge in [-0.2, -0.15) is 4.98 Å². The first kappa shape index (κ1) is 17.3. The highest BCUT2D eigenvalue weighted by Crippen LogP contribution is 2.23. The summed E-state index contributed by atoms with van der Waals surface area (Å²) in [4.78, 5) is 24.6. The molecule has 2 aromatic heterocycles. The van der Waals surface area contributed by atoms with Crippen LogP contribution in [0.25, 0.3) is 11.3 Å². The largest absolute Gasteiger partial charge is 0.467 e. The molecule has 0 fully saturated rings. The number of methoxy groups -OCH3 is 1. The molecule has 0 unspecified atom stereocenters. The van der Waals surface area contributed by atoms with Gasteiger partial charge >= 0.3 is 12.1 Å². The van der Waals surface area contributed by atoms with E-state index < -0.39 is 6.09 Å². The predicted molar refractivity (Wildman–Crippen MR) is 96.8 cm³/mol. The summed E-state index contributed by atoms with van der Waals surface area (Å²) in [5.74, 6) is 0. The van der Waals surface area contributed by atoms with Crippen LogP contribution in [0.2, 0.25) is 0 Å². The zero-order chi connectivity index (χ0) is 18.4. The van der Waals surface area contributed by atoms with Gasteiger partial charge in [-0.05, 0) is 24.6 Å². The Labute approximate surface area is 151 Å². The smallest absolute Gasteiger partial charge is 0.412 e. The normalized spacial score (nSPS) is 10.2. The second-order valence-electron chi connectivity index (χ2n) is 5.47. The second-order valence-corrected chi connectivity index (χ2v) is 5.47. The minimum atomic E-state index is -0.545. The Hall–Kier alpha value is -3.48. The summed E-state index contributed by atoms with van der Waals surface area (Å²) in [6, 6.07) is 13.3. The lowest BCUT2D eigenvalue weighted by atomic mass is 10.1. The molecule has 7 nitrogen and oxygen atoms in total. The number of nitrogens with one attached hydrogen (secondary N) is 1. The average molecular weight is 350 g/mol. The van der Waals surface area contributed by atoms with Gasteiger partial charge in [0.05, 0.1) is 24.2 Å². The molecular weight excluding hydrogens is 332 g/mol. The van der Waals surface area contributed by atoms with Gasteiger partial charge < -0.3 is 9.47 Å². The summed E-state index contributed by atoms with van der Waals surface area (Å²) < 4.78 is 10.3. The van der Waals surface area contributed by atoms with Gasteiger partial charge in [-0.3, -0.25) is 10.3 Å². The Morgan fingerprint density at radius 2 is 1.96 bits per heavy atom. The molecule has 0 atom stereocenters. The van der Waals surface area contributed by atoms with Crippen LogP contribution in [0.4, 0.5) is 10.5 Å². The predicted octanol–water partition coefficient (Wildman–Crippen LogP) is 3.60. The topological polar surface area (TPSA) is 86.2 Å². The van der Waals surface area contributed by atoms with Crippen LogP contribution in [0, 0.1) is 6.92 Å². The number of carbonyl (C=O) groups is 1. The maximum atomic E-state index is 12.1. The molecule has 0 aliphatic heterocycles. The van der Waals surface area contributed by atoms with Crippen molar-refractivity contribution in [1.29, 1.82) is 0 Å². The fourth-order valence-corrected chi connectivity index (χ4v) is 2.27. The van der Waals surface area contributed by atoms with Crippen molar-refractivity contribution in [3.05, 3.63) is 66.1 Å². The van der Waals surface area contributed by atoms with Crippen molar-refractivity contribution < 1.29 is 14.3 Å². The third-order valence-corrected chi connectivity index (χ3v) is 3.65. The highest BCUT2D eigenvalue weighted by molar-refractivity contribution is 5.86. The number of hydrogen-bond donors (Lipinski definition) is 1. The van der Waals surface area contributed by atoms with Crippen molar-refractivity contribution in [3.63, 3.8) is 0 Å². The van der Waals surface area contributed by atoms with E-state index in [0.29, 0.717) is 17.1 Å². The monoisotopic (exact) mass is 350 g/mol. The van der Waals surface area contributed by atoms with E-state index in [4.69, 9.17) is 9.47 Å².